The van der Waals surface area contributed by atoms with Crippen molar-refractivity contribution < 1.29 is 4.79 Å². The molecule has 1 heterocycles. The van der Waals surface area contributed by atoms with Gasteiger partial charge in [0.05, 0.1) is 12.7 Å². The Balaban J connectivity index is 2.74. The van der Waals surface area contributed by atoms with Gasteiger partial charge in [0, 0.05) is 21.0 Å². The van der Waals surface area contributed by atoms with Crippen molar-refractivity contribution in [1.82, 2.24) is 14.5 Å². The molecule has 0 aliphatic rings. The third-order valence-corrected chi connectivity index (χ3v) is 2.29. The van der Waals surface area contributed by atoms with Crippen LogP contribution >= 0.6 is 11.6 Å². The predicted molar refractivity (Wildman–Crippen MR) is 50.4 cm³/mol. The first-order chi connectivity index (χ1) is 6.02. The van der Waals surface area contributed by atoms with E-state index in [2.05, 4.69) is 4.98 Å². The molecule has 5 heteroatoms. The first-order valence-corrected chi connectivity index (χ1v) is 4.28. The summed E-state index contributed by atoms with van der Waals surface area (Å²) in [4.78, 5) is 16.6. The zero-order chi connectivity index (χ0) is 10.0. The standard InChI is InChI=1S/C8H12ClN3O/c1-6(13)11(2)5-8-10-4-7(9)12(8)3/h4H,5H2,1-3H3. The van der Waals surface area contributed by atoms with Crippen LogP contribution in [0.25, 0.3) is 0 Å². The molecule has 1 aromatic heterocycles. The number of halogens is 1. The lowest BCUT2D eigenvalue weighted by Crippen LogP contribution is -2.24. The molecule has 0 unspecified atom stereocenters. The molecular formula is C8H12ClN3O. The Labute approximate surface area is 82.1 Å². The molecule has 0 radical (unpaired) electrons. The van der Waals surface area contributed by atoms with Gasteiger partial charge < -0.3 is 9.47 Å². The zero-order valence-electron chi connectivity index (χ0n) is 7.91. The van der Waals surface area contributed by atoms with Crippen LogP contribution in [0, 0.1) is 0 Å². The molecule has 0 bridgehead atoms. The molecule has 1 aromatic rings. The van der Waals surface area contributed by atoms with Crippen molar-refractivity contribution in [3.8, 4) is 0 Å². The molecule has 0 aliphatic carbocycles. The largest absolute Gasteiger partial charge is 0.339 e. The van der Waals surface area contributed by atoms with Crippen molar-refractivity contribution in [2.75, 3.05) is 7.05 Å². The summed E-state index contributed by atoms with van der Waals surface area (Å²) in [6.45, 7) is 2.00. The summed E-state index contributed by atoms with van der Waals surface area (Å²) in [6.07, 6.45) is 1.57. The van der Waals surface area contributed by atoms with E-state index >= 15 is 0 Å². The van der Waals surface area contributed by atoms with Crippen molar-refractivity contribution in [3.05, 3.63) is 17.2 Å². The zero-order valence-corrected chi connectivity index (χ0v) is 8.67. The number of carbonyl (C=O) groups excluding carboxylic acids is 1. The Bertz CT molecular complexity index is 321. The molecule has 0 aliphatic heterocycles. The van der Waals surface area contributed by atoms with Crippen LogP contribution in [-0.2, 0) is 18.4 Å². The Morgan fingerprint density at radius 3 is 2.77 bits per heavy atom. The van der Waals surface area contributed by atoms with Gasteiger partial charge in [-0.3, -0.25) is 4.79 Å². The number of aromatic nitrogens is 2. The van der Waals surface area contributed by atoms with Crippen LogP contribution in [0.4, 0.5) is 0 Å². The van der Waals surface area contributed by atoms with E-state index in [1.54, 1.807) is 22.7 Å². The van der Waals surface area contributed by atoms with E-state index in [4.69, 9.17) is 11.6 Å². The van der Waals surface area contributed by atoms with Gasteiger partial charge in [-0.2, -0.15) is 0 Å². The maximum Gasteiger partial charge on any atom is 0.219 e. The second-order valence-corrected chi connectivity index (χ2v) is 3.32. The topological polar surface area (TPSA) is 38.1 Å². The molecule has 0 saturated carbocycles. The van der Waals surface area contributed by atoms with E-state index in [9.17, 15) is 4.79 Å². The van der Waals surface area contributed by atoms with Crippen molar-refractivity contribution >= 4 is 17.5 Å². The Morgan fingerprint density at radius 2 is 2.38 bits per heavy atom. The number of rotatable bonds is 2. The second kappa shape index (κ2) is 3.79. The van der Waals surface area contributed by atoms with E-state index < -0.39 is 0 Å². The van der Waals surface area contributed by atoms with E-state index in [1.165, 1.54) is 6.92 Å². The first kappa shape index (κ1) is 10.1. The summed E-state index contributed by atoms with van der Waals surface area (Å²) in [7, 11) is 3.55. The Morgan fingerprint density at radius 1 is 1.77 bits per heavy atom. The highest BCUT2D eigenvalue weighted by molar-refractivity contribution is 6.29. The lowest BCUT2D eigenvalue weighted by atomic mass is 10.5. The molecule has 4 nitrogen and oxygen atoms in total. The molecular weight excluding hydrogens is 190 g/mol. The molecule has 0 fully saturated rings. The van der Waals surface area contributed by atoms with Crippen molar-refractivity contribution in [2.45, 2.75) is 13.5 Å². The number of amides is 1. The number of nitrogens with zero attached hydrogens (tertiary/aromatic N) is 3. The molecule has 0 spiro atoms. The first-order valence-electron chi connectivity index (χ1n) is 3.90. The molecule has 0 aromatic carbocycles. The molecule has 1 amide bonds. The smallest absolute Gasteiger partial charge is 0.219 e. The lowest BCUT2D eigenvalue weighted by Gasteiger charge is -2.13. The number of hydrogen-bond donors (Lipinski definition) is 0. The van der Waals surface area contributed by atoms with Gasteiger partial charge >= 0.3 is 0 Å². The number of hydrogen-bond acceptors (Lipinski definition) is 2. The van der Waals surface area contributed by atoms with Gasteiger partial charge in [0.2, 0.25) is 5.91 Å². The third-order valence-electron chi connectivity index (χ3n) is 1.94. The van der Waals surface area contributed by atoms with Crippen LogP contribution in [0.15, 0.2) is 6.20 Å². The van der Waals surface area contributed by atoms with Crippen LogP contribution in [-0.4, -0.2) is 27.4 Å². The minimum atomic E-state index is 0.0131. The number of carbonyl (C=O) groups is 1. The number of imidazole rings is 1. The van der Waals surface area contributed by atoms with Crippen LogP contribution in [0.1, 0.15) is 12.7 Å². The van der Waals surface area contributed by atoms with Crippen LogP contribution in [0.2, 0.25) is 5.15 Å². The summed E-state index contributed by atoms with van der Waals surface area (Å²) < 4.78 is 1.75. The Hall–Kier alpha value is -1.03. The minimum absolute atomic E-state index is 0.0131. The SMILES string of the molecule is CC(=O)N(C)Cc1ncc(Cl)n1C. The monoisotopic (exact) mass is 201 g/mol. The fourth-order valence-electron chi connectivity index (χ4n) is 0.895. The average molecular weight is 202 g/mol. The highest BCUT2D eigenvalue weighted by atomic mass is 35.5. The summed E-state index contributed by atoms with van der Waals surface area (Å²) in [5.74, 6) is 0.793. The van der Waals surface area contributed by atoms with Crippen molar-refractivity contribution in [2.24, 2.45) is 7.05 Å². The maximum absolute atomic E-state index is 10.9. The summed E-state index contributed by atoms with van der Waals surface area (Å²) in [6, 6.07) is 0. The van der Waals surface area contributed by atoms with Crippen molar-refractivity contribution in [1.29, 1.82) is 0 Å². The normalized spacial score (nSPS) is 10.2. The fraction of sp³-hybridized carbons (Fsp3) is 0.500. The van der Waals surface area contributed by atoms with Crippen LogP contribution in [0.3, 0.4) is 0 Å². The quantitative estimate of drug-likeness (QED) is 0.718. The summed E-state index contributed by atoms with van der Waals surface area (Å²) in [5.41, 5.74) is 0. The molecule has 1 rings (SSSR count). The van der Waals surface area contributed by atoms with Crippen molar-refractivity contribution in [3.63, 3.8) is 0 Å². The van der Waals surface area contributed by atoms with E-state index in [0.29, 0.717) is 11.7 Å². The van der Waals surface area contributed by atoms with Gasteiger partial charge in [0.25, 0.3) is 0 Å². The Kier molecular flexibility index (Phi) is 2.93. The maximum atomic E-state index is 10.9. The molecule has 72 valence electrons. The van der Waals surface area contributed by atoms with E-state index in [-0.39, 0.29) is 5.91 Å². The van der Waals surface area contributed by atoms with Gasteiger partial charge in [0.15, 0.2) is 0 Å². The average Bonchev–Trinajstić information content (AvgIpc) is 2.36. The fourth-order valence-corrected chi connectivity index (χ4v) is 1.04. The van der Waals surface area contributed by atoms with Gasteiger partial charge in [-0.25, -0.2) is 4.98 Å². The van der Waals surface area contributed by atoms with Gasteiger partial charge in [-0.15, -0.1) is 0 Å². The molecule has 0 atom stereocenters. The molecule has 0 saturated heterocycles. The lowest BCUT2D eigenvalue weighted by molar-refractivity contribution is -0.128. The second-order valence-electron chi connectivity index (χ2n) is 2.93. The highest BCUT2D eigenvalue weighted by Crippen LogP contribution is 2.10. The van der Waals surface area contributed by atoms with E-state index in [0.717, 1.165) is 5.82 Å². The molecule has 0 N–H and O–H groups in total. The summed E-state index contributed by atoms with van der Waals surface area (Å²) in [5, 5.41) is 0.576. The van der Waals surface area contributed by atoms with Gasteiger partial charge in [-0.1, -0.05) is 11.6 Å². The van der Waals surface area contributed by atoms with Gasteiger partial charge in [0.1, 0.15) is 11.0 Å². The highest BCUT2D eigenvalue weighted by Gasteiger charge is 2.08. The molecule has 13 heavy (non-hydrogen) atoms. The van der Waals surface area contributed by atoms with Gasteiger partial charge in [-0.05, 0) is 0 Å². The third kappa shape index (κ3) is 2.21. The van der Waals surface area contributed by atoms with Crippen LogP contribution in [0.5, 0.6) is 0 Å². The summed E-state index contributed by atoms with van der Waals surface area (Å²) >= 11 is 5.79. The predicted octanol–water partition coefficient (Wildman–Crippen LogP) is 1.05. The minimum Gasteiger partial charge on any atom is -0.339 e. The van der Waals surface area contributed by atoms with E-state index in [1.807, 2.05) is 7.05 Å². The van der Waals surface area contributed by atoms with Crippen LogP contribution < -0.4 is 0 Å².